The number of hydrogen-bond acceptors (Lipinski definition) is 2. The first-order chi connectivity index (χ1) is 7.63. The first-order valence-electron chi connectivity index (χ1n) is 5.21. The standard InChI is InChI=1S/C11H17Cl2NOS/c1-2-3-8-14(11(15)16,9-4-6-12)10-5-7-13/h4-7H,2-3,8-10H2,1H3. The van der Waals surface area contributed by atoms with Crippen molar-refractivity contribution >= 4 is 41.1 Å². The van der Waals surface area contributed by atoms with E-state index in [1.807, 2.05) is 0 Å². The van der Waals surface area contributed by atoms with Crippen molar-refractivity contribution in [2.75, 3.05) is 19.6 Å². The minimum absolute atomic E-state index is 0.204. The highest BCUT2D eigenvalue weighted by Crippen LogP contribution is 2.13. The molecule has 0 radical (unpaired) electrons. The largest absolute Gasteiger partial charge is 0.675 e. The van der Waals surface area contributed by atoms with E-state index in [1.54, 1.807) is 12.2 Å². The van der Waals surface area contributed by atoms with Crippen LogP contribution in [0.5, 0.6) is 0 Å². The van der Waals surface area contributed by atoms with Crippen molar-refractivity contribution in [3.05, 3.63) is 23.2 Å². The molecule has 0 saturated carbocycles. The van der Waals surface area contributed by atoms with E-state index in [-0.39, 0.29) is 9.72 Å². The van der Waals surface area contributed by atoms with Crippen molar-refractivity contribution in [2.45, 2.75) is 19.8 Å². The van der Waals surface area contributed by atoms with Gasteiger partial charge >= 0.3 is 0 Å². The molecule has 5 heteroatoms. The fourth-order valence-electron chi connectivity index (χ4n) is 1.44. The van der Waals surface area contributed by atoms with E-state index in [0.717, 1.165) is 19.4 Å². The van der Waals surface area contributed by atoms with Crippen LogP contribution in [0.2, 0.25) is 0 Å². The van der Waals surface area contributed by atoms with Crippen LogP contribution in [0.3, 0.4) is 0 Å². The van der Waals surface area contributed by atoms with Crippen molar-refractivity contribution < 1.29 is 9.28 Å². The van der Waals surface area contributed by atoms with Crippen LogP contribution in [0.4, 0.5) is 4.79 Å². The molecule has 0 aromatic carbocycles. The number of carbonyl (C=O) groups is 1. The molecule has 0 spiro atoms. The SMILES string of the molecule is CCCC[N+](CC=CCl)(CC=CCl)C(=O)[S-]. The summed E-state index contributed by atoms with van der Waals surface area (Å²) in [6.45, 7) is 3.85. The van der Waals surface area contributed by atoms with Crippen molar-refractivity contribution in [3.8, 4) is 0 Å². The summed E-state index contributed by atoms with van der Waals surface area (Å²) in [6.07, 6.45) is 5.49. The van der Waals surface area contributed by atoms with E-state index >= 15 is 0 Å². The fraction of sp³-hybridized carbons (Fsp3) is 0.545. The molecule has 0 unspecified atom stereocenters. The van der Waals surface area contributed by atoms with Gasteiger partial charge in [0.15, 0.2) is 5.24 Å². The second kappa shape index (κ2) is 8.99. The third-order valence-electron chi connectivity index (χ3n) is 2.41. The molecule has 1 amide bonds. The summed E-state index contributed by atoms with van der Waals surface area (Å²) < 4.78 is 0.204. The lowest BCUT2D eigenvalue weighted by Crippen LogP contribution is -2.52. The van der Waals surface area contributed by atoms with E-state index in [4.69, 9.17) is 35.8 Å². The summed E-state index contributed by atoms with van der Waals surface area (Å²) in [4.78, 5) is 11.6. The minimum atomic E-state index is -0.266. The van der Waals surface area contributed by atoms with Gasteiger partial charge in [-0.15, -0.1) is 0 Å². The van der Waals surface area contributed by atoms with Gasteiger partial charge in [-0.3, -0.25) is 9.28 Å². The number of rotatable bonds is 7. The van der Waals surface area contributed by atoms with Crippen LogP contribution >= 0.6 is 23.2 Å². The maximum absolute atomic E-state index is 11.6. The third kappa shape index (κ3) is 5.30. The van der Waals surface area contributed by atoms with E-state index < -0.39 is 0 Å². The van der Waals surface area contributed by atoms with Gasteiger partial charge in [-0.2, -0.15) is 0 Å². The van der Waals surface area contributed by atoms with Gasteiger partial charge in [0.1, 0.15) is 13.1 Å². The molecule has 0 fully saturated rings. The summed E-state index contributed by atoms with van der Waals surface area (Å²) in [5, 5.41) is -0.266. The van der Waals surface area contributed by atoms with Crippen molar-refractivity contribution in [1.29, 1.82) is 0 Å². The Morgan fingerprint density at radius 1 is 1.25 bits per heavy atom. The molecular formula is C11H17Cl2NOS. The molecule has 0 aromatic rings. The normalized spacial score (nSPS) is 15.7. The lowest BCUT2D eigenvalue weighted by Gasteiger charge is -2.37. The lowest BCUT2D eigenvalue weighted by molar-refractivity contribution is -0.832. The highest BCUT2D eigenvalue weighted by molar-refractivity contribution is 7.76. The van der Waals surface area contributed by atoms with Crippen LogP contribution in [0.15, 0.2) is 23.2 Å². The number of hydrogen-bond donors (Lipinski definition) is 0. The van der Waals surface area contributed by atoms with Gasteiger partial charge in [0.2, 0.25) is 0 Å². The highest BCUT2D eigenvalue weighted by atomic mass is 35.5. The highest BCUT2D eigenvalue weighted by Gasteiger charge is 2.25. The van der Waals surface area contributed by atoms with Crippen molar-refractivity contribution in [3.63, 3.8) is 0 Å². The van der Waals surface area contributed by atoms with Crippen LogP contribution in [0.25, 0.3) is 0 Å². The molecule has 0 aliphatic carbocycles. The second-order valence-electron chi connectivity index (χ2n) is 3.58. The summed E-state index contributed by atoms with van der Waals surface area (Å²) in [6, 6.07) is 0. The zero-order chi connectivity index (χ0) is 12.4. The third-order valence-corrected chi connectivity index (χ3v) is 3.16. The van der Waals surface area contributed by atoms with Crippen molar-refractivity contribution in [1.82, 2.24) is 0 Å². The Bertz CT molecular complexity index is 253. The molecule has 0 atom stereocenters. The van der Waals surface area contributed by atoms with Crippen LogP contribution in [-0.2, 0) is 12.6 Å². The first kappa shape index (κ1) is 15.9. The summed E-state index contributed by atoms with van der Waals surface area (Å²) in [5.74, 6) is 0. The van der Waals surface area contributed by atoms with Crippen LogP contribution in [0.1, 0.15) is 19.8 Å². The lowest BCUT2D eigenvalue weighted by atomic mass is 10.2. The van der Waals surface area contributed by atoms with Crippen LogP contribution in [0, 0.1) is 0 Å². The average Bonchev–Trinajstić information content (AvgIpc) is 2.28. The van der Waals surface area contributed by atoms with Gasteiger partial charge in [-0.25, -0.2) is 0 Å². The smallest absolute Gasteiger partial charge is 0.199 e. The molecule has 0 aromatic heterocycles. The van der Waals surface area contributed by atoms with Gasteiger partial charge in [0.05, 0.1) is 6.54 Å². The van der Waals surface area contributed by atoms with E-state index in [2.05, 4.69) is 6.92 Å². The van der Waals surface area contributed by atoms with E-state index in [0.29, 0.717) is 13.1 Å². The quantitative estimate of drug-likeness (QED) is 0.522. The summed E-state index contributed by atoms with van der Waals surface area (Å²) in [5.41, 5.74) is 2.84. The summed E-state index contributed by atoms with van der Waals surface area (Å²) in [7, 11) is 0. The molecule has 2 nitrogen and oxygen atoms in total. The Balaban J connectivity index is 4.79. The Morgan fingerprint density at radius 2 is 1.75 bits per heavy atom. The predicted molar refractivity (Wildman–Crippen MR) is 72.5 cm³/mol. The Kier molecular flexibility index (Phi) is 8.94. The van der Waals surface area contributed by atoms with Crippen LogP contribution < -0.4 is 0 Å². The molecule has 0 bridgehead atoms. The van der Waals surface area contributed by atoms with E-state index in [1.165, 1.54) is 11.1 Å². The minimum Gasteiger partial charge on any atom is -0.675 e. The van der Waals surface area contributed by atoms with Gasteiger partial charge in [-0.05, 0) is 18.6 Å². The molecule has 0 saturated heterocycles. The second-order valence-corrected chi connectivity index (χ2v) is 4.43. The molecule has 0 aliphatic rings. The molecular weight excluding hydrogens is 265 g/mol. The number of quaternary nitrogens is 1. The van der Waals surface area contributed by atoms with Gasteiger partial charge in [-0.1, -0.05) is 36.5 Å². The molecule has 0 N–H and O–H groups in total. The number of nitrogens with zero attached hydrogens (tertiary/aromatic N) is 1. The first-order valence-corrected chi connectivity index (χ1v) is 6.49. The van der Waals surface area contributed by atoms with Crippen molar-refractivity contribution in [2.24, 2.45) is 0 Å². The summed E-state index contributed by atoms with van der Waals surface area (Å²) >= 11 is 15.8. The van der Waals surface area contributed by atoms with E-state index in [9.17, 15) is 4.79 Å². The van der Waals surface area contributed by atoms with Gasteiger partial charge < -0.3 is 12.6 Å². The van der Waals surface area contributed by atoms with Crippen LogP contribution in [-0.4, -0.2) is 29.4 Å². The maximum Gasteiger partial charge on any atom is 0.199 e. The topological polar surface area (TPSA) is 17.1 Å². The number of amides is 1. The average molecular weight is 282 g/mol. The maximum atomic E-state index is 11.6. The molecule has 0 rings (SSSR count). The number of unbranched alkanes of at least 4 members (excludes halogenated alkanes) is 1. The Hall–Kier alpha value is -0.0900. The Morgan fingerprint density at radius 3 is 2.06 bits per heavy atom. The fourth-order valence-corrected chi connectivity index (χ4v) is 1.84. The van der Waals surface area contributed by atoms with Gasteiger partial charge in [0, 0.05) is 11.1 Å². The number of halogens is 2. The Labute approximate surface area is 113 Å². The molecule has 0 aliphatic heterocycles. The molecule has 0 heterocycles. The molecule has 16 heavy (non-hydrogen) atoms. The molecule has 92 valence electrons. The number of carbonyl (C=O) groups excluding carboxylic acids is 1. The predicted octanol–water partition coefficient (Wildman–Crippen LogP) is 3.78. The van der Waals surface area contributed by atoms with Gasteiger partial charge in [0.25, 0.3) is 0 Å². The zero-order valence-electron chi connectivity index (χ0n) is 9.36. The monoisotopic (exact) mass is 281 g/mol. The zero-order valence-corrected chi connectivity index (χ0v) is 11.7.